The maximum absolute atomic E-state index is 11.5. The number of nitrogens with one attached hydrogen (secondary N) is 1. The molecule has 0 aliphatic carbocycles. The average molecular weight is 271 g/mol. The van der Waals surface area contributed by atoms with Gasteiger partial charge in [-0.2, -0.15) is 0 Å². The Morgan fingerprint density at radius 3 is 2.79 bits per heavy atom. The first-order valence-electron chi connectivity index (χ1n) is 7.30. The summed E-state index contributed by atoms with van der Waals surface area (Å²) in [6.45, 7) is 10.4. The molecule has 0 saturated carbocycles. The van der Waals surface area contributed by atoms with Gasteiger partial charge in [-0.3, -0.25) is 0 Å². The highest BCUT2D eigenvalue weighted by Crippen LogP contribution is 2.16. The molecule has 1 fully saturated rings. The van der Waals surface area contributed by atoms with Crippen LogP contribution < -0.4 is 11.1 Å². The highest BCUT2D eigenvalue weighted by molar-refractivity contribution is 5.67. The number of ether oxygens (including phenoxy) is 1. The third-order valence-electron chi connectivity index (χ3n) is 3.23. The van der Waals surface area contributed by atoms with Gasteiger partial charge in [-0.25, -0.2) is 4.79 Å². The van der Waals surface area contributed by atoms with Crippen LogP contribution in [0.4, 0.5) is 4.79 Å². The van der Waals surface area contributed by atoms with Crippen LogP contribution in [-0.4, -0.2) is 49.3 Å². The molecular weight excluding hydrogens is 242 g/mol. The van der Waals surface area contributed by atoms with Gasteiger partial charge in [0.2, 0.25) is 0 Å². The van der Waals surface area contributed by atoms with Crippen molar-refractivity contribution < 1.29 is 9.53 Å². The second kappa shape index (κ2) is 7.70. The van der Waals surface area contributed by atoms with E-state index in [0.29, 0.717) is 12.5 Å². The molecule has 1 amide bonds. The van der Waals surface area contributed by atoms with Crippen molar-refractivity contribution in [2.24, 2.45) is 11.7 Å². The number of alkyl carbamates (subject to hydrolysis) is 1. The van der Waals surface area contributed by atoms with Gasteiger partial charge in [0.15, 0.2) is 0 Å². The van der Waals surface area contributed by atoms with Gasteiger partial charge in [-0.05, 0) is 65.6 Å². The van der Waals surface area contributed by atoms with Crippen LogP contribution in [0.2, 0.25) is 0 Å². The summed E-state index contributed by atoms with van der Waals surface area (Å²) in [6.07, 6.45) is 3.10. The smallest absolute Gasteiger partial charge is 0.407 e. The van der Waals surface area contributed by atoms with E-state index >= 15 is 0 Å². The lowest BCUT2D eigenvalue weighted by atomic mass is 10.1. The van der Waals surface area contributed by atoms with Crippen LogP contribution in [0.3, 0.4) is 0 Å². The largest absolute Gasteiger partial charge is 0.444 e. The summed E-state index contributed by atoms with van der Waals surface area (Å²) in [4.78, 5) is 14.0. The molecular formula is C14H29N3O2. The van der Waals surface area contributed by atoms with Crippen LogP contribution in [-0.2, 0) is 4.74 Å². The fourth-order valence-corrected chi connectivity index (χ4v) is 2.30. The third-order valence-corrected chi connectivity index (χ3v) is 3.23. The number of rotatable bonds is 6. The molecule has 5 nitrogen and oxygen atoms in total. The van der Waals surface area contributed by atoms with Crippen molar-refractivity contribution in [1.82, 2.24) is 10.2 Å². The van der Waals surface area contributed by atoms with E-state index in [0.717, 1.165) is 39.0 Å². The molecule has 1 aliphatic rings. The summed E-state index contributed by atoms with van der Waals surface area (Å²) in [7, 11) is 0. The number of carbonyl (C=O) groups is 1. The zero-order chi connectivity index (χ0) is 14.3. The summed E-state index contributed by atoms with van der Waals surface area (Å²) in [5.41, 5.74) is 5.07. The lowest BCUT2D eigenvalue weighted by Crippen LogP contribution is -2.36. The lowest BCUT2D eigenvalue weighted by molar-refractivity contribution is 0.0519. The molecule has 1 aliphatic heterocycles. The molecule has 0 aromatic rings. The minimum absolute atomic E-state index is 0.311. The summed E-state index contributed by atoms with van der Waals surface area (Å²) >= 11 is 0. The van der Waals surface area contributed by atoms with E-state index in [1.54, 1.807) is 0 Å². The predicted molar refractivity (Wildman–Crippen MR) is 77.1 cm³/mol. The van der Waals surface area contributed by atoms with Crippen LogP contribution in [0, 0.1) is 5.92 Å². The quantitative estimate of drug-likeness (QED) is 0.720. The van der Waals surface area contributed by atoms with E-state index in [1.165, 1.54) is 6.42 Å². The first-order valence-corrected chi connectivity index (χ1v) is 7.30. The van der Waals surface area contributed by atoms with Crippen molar-refractivity contribution in [3.63, 3.8) is 0 Å². The topological polar surface area (TPSA) is 67.6 Å². The Bertz CT molecular complexity index is 276. The zero-order valence-electron chi connectivity index (χ0n) is 12.6. The van der Waals surface area contributed by atoms with Crippen molar-refractivity contribution in [1.29, 1.82) is 0 Å². The monoisotopic (exact) mass is 271 g/mol. The number of nitrogens with two attached hydrogens (primary N) is 1. The predicted octanol–water partition coefficient (Wildman–Crippen LogP) is 1.57. The Labute approximate surface area is 116 Å². The molecule has 112 valence electrons. The first kappa shape index (κ1) is 16.2. The summed E-state index contributed by atoms with van der Waals surface area (Å²) in [5.74, 6) is 0.547. The Morgan fingerprint density at radius 2 is 2.16 bits per heavy atom. The molecule has 19 heavy (non-hydrogen) atoms. The summed E-state index contributed by atoms with van der Waals surface area (Å²) < 4.78 is 5.23. The third kappa shape index (κ3) is 7.38. The van der Waals surface area contributed by atoms with E-state index in [1.807, 2.05) is 20.8 Å². The SMILES string of the molecule is CC(C)(C)OC(=O)NC[C@H]1CCN(CCCCN)C1. The number of unbranched alkanes of at least 4 members (excludes halogenated alkanes) is 1. The van der Waals surface area contributed by atoms with Gasteiger partial charge in [0.05, 0.1) is 0 Å². The molecule has 0 aromatic carbocycles. The van der Waals surface area contributed by atoms with Crippen molar-refractivity contribution in [2.45, 2.75) is 45.6 Å². The number of hydrogen-bond acceptors (Lipinski definition) is 4. The molecule has 0 spiro atoms. The maximum atomic E-state index is 11.5. The lowest BCUT2D eigenvalue weighted by Gasteiger charge is -2.21. The van der Waals surface area contributed by atoms with E-state index in [9.17, 15) is 4.79 Å². The number of likely N-dealkylation sites (tertiary alicyclic amines) is 1. The molecule has 0 bridgehead atoms. The number of nitrogens with zero attached hydrogens (tertiary/aromatic N) is 1. The van der Waals surface area contributed by atoms with Crippen molar-refractivity contribution in [3.05, 3.63) is 0 Å². The second-order valence-electron chi connectivity index (χ2n) is 6.33. The number of carbonyl (C=O) groups excluding carboxylic acids is 1. The van der Waals surface area contributed by atoms with Crippen molar-refractivity contribution in [3.8, 4) is 0 Å². The molecule has 5 heteroatoms. The Hall–Kier alpha value is -0.810. The average Bonchev–Trinajstić information content (AvgIpc) is 2.72. The first-order chi connectivity index (χ1) is 8.90. The van der Waals surface area contributed by atoms with Crippen LogP contribution >= 0.6 is 0 Å². The zero-order valence-corrected chi connectivity index (χ0v) is 12.6. The Kier molecular flexibility index (Phi) is 6.58. The molecule has 1 atom stereocenters. The summed E-state index contributed by atoms with van der Waals surface area (Å²) in [5, 5.41) is 2.86. The minimum Gasteiger partial charge on any atom is -0.444 e. The van der Waals surface area contributed by atoms with E-state index in [-0.39, 0.29) is 6.09 Å². The highest BCUT2D eigenvalue weighted by atomic mass is 16.6. The molecule has 0 radical (unpaired) electrons. The van der Waals surface area contributed by atoms with Gasteiger partial charge in [-0.1, -0.05) is 0 Å². The molecule has 1 rings (SSSR count). The van der Waals surface area contributed by atoms with Gasteiger partial charge in [0.25, 0.3) is 0 Å². The van der Waals surface area contributed by atoms with Crippen LogP contribution in [0.5, 0.6) is 0 Å². The Balaban J connectivity index is 2.13. The summed E-state index contributed by atoms with van der Waals surface area (Å²) in [6, 6.07) is 0. The van der Waals surface area contributed by atoms with Crippen molar-refractivity contribution in [2.75, 3.05) is 32.7 Å². The molecule has 1 heterocycles. The van der Waals surface area contributed by atoms with E-state index in [4.69, 9.17) is 10.5 Å². The Morgan fingerprint density at radius 1 is 1.42 bits per heavy atom. The van der Waals surface area contributed by atoms with Gasteiger partial charge in [0.1, 0.15) is 5.60 Å². The van der Waals surface area contributed by atoms with Gasteiger partial charge < -0.3 is 20.7 Å². The molecule has 0 aromatic heterocycles. The second-order valence-corrected chi connectivity index (χ2v) is 6.33. The van der Waals surface area contributed by atoms with Gasteiger partial charge >= 0.3 is 6.09 Å². The fourth-order valence-electron chi connectivity index (χ4n) is 2.30. The van der Waals surface area contributed by atoms with Crippen LogP contribution in [0.25, 0.3) is 0 Å². The minimum atomic E-state index is -0.423. The van der Waals surface area contributed by atoms with Gasteiger partial charge in [-0.15, -0.1) is 0 Å². The fraction of sp³-hybridized carbons (Fsp3) is 0.929. The highest BCUT2D eigenvalue weighted by Gasteiger charge is 2.23. The number of hydrogen-bond donors (Lipinski definition) is 2. The van der Waals surface area contributed by atoms with Crippen LogP contribution in [0.15, 0.2) is 0 Å². The maximum Gasteiger partial charge on any atom is 0.407 e. The van der Waals surface area contributed by atoms with Gasteiger partial charge in [0, 0.05) is 13.1 Å². The molecule has 0 unspecified atom stereocenters. The van der Waals surface area contributed by atoms with E-state index in [2.05, 4.69) is 10.2 Å². The standard InChI is InChI=1S/C14H29N3O2/c1-14(2,3)19-13(18)16-10-12-6-9-17(11-12)8-5-4-7-15/h12H,4-11,15H2,1-3H3,(H,16,18)/t12-/m1/s1. The molecule has 3 N–H and O–H groups in total. The normalized spacial score (nSPS) is 20.5. The molecule has 1 saturated heterocycles. The van der Waals surface area contributed by atoms with Crippen LogP contribution in [0.1, 0.15) is 40.0 Å². The van der Waals surface area contributed by atoms with E-state index < -0.39 is 5.60 Å². The number of amides is 1. The van der Waals surface area contributed by atoms with Crippen molar-refractivity contribution >= 4 is 6.09 Å².